The van der Waals surface area contributed by atoms with E-state index in [4.69, 9.17) is 0 Å². The van der Waals surface area contributed by atoms with Crippen LogP contribution >= 0.6 is 0 Å². The van der Waals surface area contributed by atoms with Gasteiger partial charge in [0.05, 0.1) is 11.4 Å². The highest BCUT2D eigenvalue weighted by Gasteiger charge is 2.24. The number of aromatic nitrogens is 2. The van der Waals surface area contributed by atoms with Gasteiger partial charge in [-0.3, -0.25) is 0 Å². The minimum atomic E-state index is -0.904. The first kappa shape index (κ1) is 11.0. The summed E-state index contributed by atoms with van der Waals surface area (Å²) in [5, 5.41) is 9.20. The molecule has 1 fully saturated rings. The zero-order valence-corrected chi connectivity index (χ0v) is 9.44. The van der Waals surface area contributed by atoms with Gasteiger partial charge >= 0.3 is 5.97 Å². The maximum Gasteiger partial charge on any atom is 0.339 e. The highest BCUT2D eigenvalue weighted by molar-refractivity contribution is 5.90. The summed E-state index contributed by atoms with van der Waals surface area (Å²) in [5.41, 5.74) is 1.62. The van der Waals surface area contributed by atoms with Crippen LogP contribution in [0.25, 0.3) is 0 Å². The number of carboxylic acid groups (broad SMARTS) is 1. The molecule has 4 nitrogen and oxygen atoms in total. The lowest BCUT2D eigenvalue weighted by atomic mass is 9.85. The van der Waals surface area contributed by atoms with Gasteiger partial charge in [0.25, 0.3) is 0 Å². The molecule has 0 aliphatic heterocycles. The van der Waals surface area contributed by atoms with E-state index < -0.39 is 5.97 Å². The monoisotopic (exact) mass is 220 g/mol. The number of rotatable bonds is 2. The highest BCUT2D eigenvalue weighted by Crippen LogP contribution is 2.33. The van der Waals surface area contributed by atoms with Crippen LogP contribution in [0.5, 0.6) is 0 Å². The molecular formula is C12H16N2O2. The Morgan fingerprint density at radius 1 is 1.31 bits per heavy atom. The van der Waals surface area contributed by atoms with Crippen molar-refractivity contribution in [3.05, 3.63) is 23.3 Å². The van der Waals surface area contributed by atoms with Crippen molar-refractivity contribution in [2.24, 2.45) is 0 Å². The summed E-state index contributed by atoms with van der Waals surface area (Å²) in [6.45, 7) is 1.73. The van der Waals surface area contributed by atoms with Gasteiger partial charge in [0.15, 0.2) is 0 Å². The largest absolute Gasteiger partial charge is 0.478 e. The van der Waals surface area contributed by atoms with E-state index in [9.17, 15) is 9.90 Å². The molecule has 1 aromatic heterocycles. The van der Waals surface area contributed by atoms with Gasteiger partial charge in [0, 0.05) is 5.92 Å². The number of aromatic carboxylic acids is 1. The predicted molar refractivity (Wildman–Crippen MR) is 59.6 cm³/mol. The second-order valence-corrected chi connectivity index (χ2v) is 4.36. The van der Waals surface area contributed by atoms with Crippen LogP contribution in [0.4, 0.5) is 0 Å². The fraction of sp³-hybridized carbons (Fsp3) is 0.583. The summed E-state index contributed by atoms with van der Waals surface area (Å²) in [5.74, 6) is -0.597. The zero-order valence-electron chi connectivity index (χ0n) is 9.44. The molecule has 1 aliphatic rings. The Balaban J connectivity index is 2.38. The molecule has 16 heavy (non-hydrogen) atoms. The molecule has 0 bridgehead atoms. The van der Waals surface area contributed by atoms with Gasteiger partial charge in [-0.15, -0.1) is 0 Å². The molecule has 1 aliphatic carbocycles. The van der Waals surface area contributed by atoms with Crippen LogP contribution in [0.15, 0.2) is 6.33 Å². The minimum absolute atomic E-state index is 0.307. The van der Waals surface area contributed by atoms with Gasteiger partial charge in [-0.1, -0.05) is 19.3 Å². The Morgan fingerprint density at radius 3 is 2.62 bits per heavy atom. The Bertz CT molecular complexity index is 398. The van der Waals surface area contributed by atoms with Crippen LogP contribution in [0, 0.1) is 6.92 Å². The number of carboxylic acids is 1. The molecule has 0 radical (unpaired) electrons. The molecule has 0 aromatic carbocycles. The molecular weight excluding hydrogens is 204 g/mol. The number of nitrogens with zero attached hydrogens (tertiary/aromatic N) is 2. The highest BCUT2D eigenvalue weighted by atomic mass is 16.4. The van der Waals surface area contributed by atoms with Crippen molar-refractivity contribution in [1.82, 2.24) is 9.97 Å². The SMILES string of the molecule is Cc1ncnc(C2CCCCC2)c1C(=O)O. The average Bonchev–Trinajstić information content (AvgIpc) is 2.29. The van der Waals surface area contributed by atoms with Crippen LogP contribution in [-0.2, 0) is 0 Å². The van der Waals surface area contributed by atoms with Crippen molar-refractivity contribution < 1.29 is 9.90 Å². The summed E-state index contributed by atoms with van der Waals surface area (Å²) in [6.07, 6.45) is 7.18. The number of hydrogen-bond acceptors (Lipinski definition) is 3. The van der Waals surface area contributed by atoms with Crippen LogP contribution in [0.2, 0.25) is 0 Å². The van der Waals surface area contributed by atoms with Gasteiger partial charge in [-0.2, -0.15) is 0 Å². The first-order chi connectivity index (χ1) is 7.70. The van der Waals surface area contributed by atoms with Gasteiger partial charge in [0.1, 0.15) is 11.9 Å². The maximum atomic E-state index is 11.2. The van der Waals surface area contributed by atoms with E-state index in [0.717, 1.165) is 18.5 Å². The predicted octanol–water partition coefficient (Wildman–Crippen LogP) is 2.53. The molecule has 1 aromatic rings. The van der Waals surface area contributed by atoms with Crippen molar-refractivity contribution in [3.63, 3.8) is 0 Å². The van der Waals surface area contributed by atoms with E-state index >= 15 is 0 Å². The molecule has 4 heteroatoms. The van der Waals surface area contributed by atoms with E-state index in [2.05, 4.69) is 9.97 Å². The molecule has 1 saturated carbocycles. The molecule has 1 N–H and O–H groups in total. The van der Waals surface area contributed by atoms with Crippen LogP contribution < -0.4 is 0 Å². The second kappa shape index (κ2) is 4.60. The second-order valence-electron chi connectivity index (χ2n) is 4.36. The number of carbonyl (C=O) groups is 1. The lowest BCUT2D eigenvalue weighted by Gasteiger charge is -2.22. The van der Waals surface area contributed by atoms with Gasteiger partial charge in [-0.05, 0) is 19.8 Å². The van der Waals surface area contributed by atoms with Crippen LogP contribution in [0.1, 0.15) is 59.8 Å². The van der Waals surface area contributed by atoms with E-state index in [1.165, 1.54) is 25.6 Å². The zero-order chi connectivity index (χ0) is 11.5. The third-order valence-corrected chi connectivity index (χ3v) is 3.27. The third kappa shape index (κ3) is 2.05. The van der Waals surface area contributed by atoms with E-state index in [1.54, 1.807) is 6.92 Å². The lowest BCUT2D eigenvalue weighted by molar-refractivity contribution is 0.0692. The van der Waals surface area contributed by atoms with Crippen molar-refractivity contribution >= 4 is 5.97 Å². The molecule has 0 saturated heterocycles. The van der Waals surface area contributed by atoms with Crippen molar-refractivity contribution in [3.8, 4) is 0 Å². The van der Waals surface area contributed by atoms with Gasteiger partial charge in [0.2, 0.25) is 0 Å². The molecule has 0 spiro atoms. The smallest absolute Gasteiger partial charge is 0.339 e. The van der Waals surface area contributed by atoms with Crippen molar-refractivity contribution in [2.75, 3.05) is 0 Å². The van der Waals surface area contributed by atoms with E-state index in [1.807, 2.05) is 0 Å². The minimum Gasteiger partial charge on any atom is -0.478 e. The summed E-state index contributed by atoms with van der Waals surface area (Å²) in [6, 6.07) is 0. The molecule has 2 rings (SSSR count). The Labute approximate surface area is 94.7 Å². The van der Waals surface area contributed by atoms with Crippen LogP contribution in [0.3, 0.4) is 0 Å². The first-order valence-electron chi connectivity index (χ1n) is 5.75. The topological polar surface area (TPSA) is 63.1 Å². The fourth-order valence-electron chi connectivity index (χ4n) is 2.44. The number of hydrogen-bond donors (Lipinski definition) is 1. The Kier molecular flexibility index (Phi) is 3.17. The van der Waals surface area contributed by atoms with Crippen molar-refractivity contribution in [1.29, 1.82) is 0 Å². The molecule has 1 heterocycles. The maximum absolute atomic E-state index is 11.2. The van der Waals surface area contributed by atoms with E-state index in [-0.39, 0.29) is 0 Å². The summed E-state index contributed by atoms with van der Waals surface area (Å²) in [4.78, 5) is 19.4. The number of aryl methyl sites for hydroxylation is 1. The third-order valence-electron chi connectivity index (χ3n) is 3.27. The normalized spacial score (nSPS) is 17.3. The van der Waals surface area contributed by atoms with Crippen molar-refractivity contribution in [2.45, 2.75) is 44.9 Å². The standard InChI is InChI=1S/C12H16N2O2/c1-8-10(12(15)16)11(14-7-13-8)9-5-3-2-4-6-9/h7,9H,2-6H2,1H3,(H,15,16). The Morgan fingerprint density at radius 2 is 2.00 bits per heavy atom. The molecule has 0 unspecified atom stereocenters. The lowest BCUT2D eigenvalue weighted by Crippen LogP contribution is -2.15. The van der Waals surface area contributed by atoms with Gasteiger partial charge in [-0.25, -0.2) is 14.8 Å². The van der Waals surface area contributed by atoms with Gasteiger partial charge < -0.3 is 5.11 Å². The molecule has 0 atom stereocenters. The average molecular weight is 220 g/mol. The summed E-state index contributed by atoms with van der Waals surface area (Å²) in [7, 11) is 0. The summed E-state index contributed by atoms with van der Waals surface area (Å²) < 4.78 is 0. The fourth-order valence-corrected chi connectivity index (χ4v) is 2.44. The molecule has 86 valence electrons. The Hall–Kier alpha value is -1.45. The van der Waals surface area contributed by atoms with E-state index in [0.29, 0.717) is 17.2 Å². The quantitative estimate of drug-likeness (QED) is 0.831. The summed E-state index contributed by atoms with van der Waals surface area (Å²) >= 11 is 0. The molecule has 0 amide bonds. The van der Waals surface area contributed by atoms with Crippen LogP contribution in [-0.4, -0.2) is 21.0 Å². The first-order valence-corrected chi connectivity index (χ1v) is 5.75.